The van der Waals surface area contributed by atoms with Gasteiger partial charge in [0.2, 0.25) is 23.4 Å². The number of benzene rings is 2. The molecule has 0 radical (unpaired) electrons. The lowest BCUT2D eigenvalue weighted by Gasteiger charge is -2.38. The Bertz CT molecular complexity index is 2710. The number of carbonyl (C=O) groups excluding carboxylic acids is 4. The van der Waals surface area contributed by atoms with E-state index in [-0.39, 0.29) is 35.5 Å². The van der Waals surface area contributed by atoms with E-state index in [1.54, 1.807) is 74.4 Å². The first kappa shape index (κ1) is 55.5. The second kappa shape index (κ2) is 22.8. The number of amides is 3. The SMILES string of the molecule is CC(C)(C)OC(=O)Nc1nc(/C(=N/OC(C)(C)C(=O)OC(C)(C)C)C(=O)N[C@@H]2C(=O)N[C@@H]2CNS(=O)(=O)N(Cc2cc(=O)c(OCc3ccccc3)cn2OCc2ccccc2)C(O)OC(C)(C)C)cs1. The fourth-order valence-electron chi connectivity index (χ4n) is 6.05. The highest BCUT2D eigenvalue weighted by atomic mass is 32.2. The first-order valence-corrected chi connectivity index (χ1v) is 24.6. The van der Waals surface area contributed by atoms with Gasteiger partial charge in [-0.1, -0.05) is 65.8 Å². The largest absolute Gasteiger partial charge is 0.483 e. The zero-order chi connectivity index (χ0) is 52.5. The standard InChI is InChI=1S/C47H62N8O14S2/c1-44(2,3)66-40(59)47(10,11)69-53-37(33-28-70-41(50-33)52-42(60)67-45(4,5)6)39(58)51-36-32(49-38(36)57)23-48-71(62,63)55(43(61)68-46(7,8)9)24-31-22-34(56)35(64-26-29-18-14-12-15-19-29)25-54(31)65-27-30-20-16-13-17-21-30/h12-22,25,28,32,36,43,48,61H,23-24,26-27H2,1-11H3,(H,49,57)(H,51,58)(H,50,52,60)/b53-37-/t32-,36+,43?/m1/s1. The Labute approximate surface area is 416 Å². The summed E-state index contributed by atoms with van der Waals surface area (Å²) < 4.78 is 55.0. The quantitative estimate of drug-likeness (QED) is 0.0258. The van der Waals surface area contributed by atoms with E-state index < -0.39 is 99.2 Å². The highest BCUT2D eigenvalue weighted by molar-refractivity contribution is 7.87. The van der Waals surface area contributed by atoms with Crippen molar-refractivity contribution >= 4 is 56.3 Å². The molecule has 0 bridgehead atoms. The van der Waals surface area contributed by atoms with Gasteiger partial charge in [-0.2, -0.15) is 17.9 Å². The smallest absolute Gasteiger partial charge is 0.413 e. The molecule has 1 saturated heterocycles. The summed E-state index contributed by atoms with van der Waals surface area (Å²) >= 11 is 0.906. The number of nitrogens with one attached hydrogen (secondary N) is 4. The van der Waals surface area contributed by atoms with Crippen LogP contribution in [0.3, 0.4) is 0 Å². The third-order valence-electron chi connectivity index (χ3n) is 9.45. The van der Waals surface area contributed by atoms with Gasteiger partial charge in [0.1, 0.15) is 36.2 Å². The zero-order valence-corrected chi connectivity index (χ0v) is 43.1. The number of aliphatic hydroxyl groups excluding tert-OH is 1. The van der Waals surface area contributed by atoms with Crippen LogP contribution in [0.2, 0.25) is 0 Å². The monoisotopic (exact) mass is 1030 g/mol. The summed E-state index contributed by atoms with van der Waals surface area (Å²) in [6, 6.07) is 16.8. The molecule has 3 heterocycles. The number of hydrogen-bond donors (Lipinski definition) is 5. The number of esters is 1. The van der Waals surface area contributed by atoms with Gasteiger partial charge >= 0.3 is 12.1 Å². The van der Waals surface area contributed by atoms with Crippen LogP contribution in [-0.2, 0) is 63.4 Å². The van der Waals surface area contributed by atoms with Crippen molar-refractivity contribution in [3.8, 4) is 5.75 Å². The summed E-state index contributed by atoms with van der Waals surface area (Å²) in [5.41, 5.74) is -4.34. The third-order valence-corrected chi connectivity index (χ3v) is 11.7. The number of aliphatic hydroxyl groups is 1. The first-order valence-electron chi connectivity index (χ1n) is 22.3. The van der Waals surface area contributed by atoms with E-state index in [9.17, 15) is 37.5 Å². The predicted octanol–water partition coefficient (Wildman–Crippen LogP) is 4.11. The fraction of sp³-hybridized carbons (Fsp3) is 0.468. The summed E-state index contributed by atoms with van der Waals surface area (Å²) in [5.74, 6) is -2.65. The van der Waals surface area contributed by atoms with Gasteiger partial charge < -0.3 is 44.4 Å². The zero-order valence-electron chi connectivity index (χ0n) is 41.4. The molecular weight excluding hydrogens is 965 g/mol. The minimum atomic E-state index is -4.81. The Hall–Kier alpha value is -6.44. The topological polar surface area (TPSA) is 277 Å². The number of rotatable bonds is 21. The summed E-state index contributed by atoms with van der Waals surface area (Å²) in [7, 11) is -4.81. The highest BCUT2D eigenvalue weighted by Gasteiger charge is 2.44. The second-order valence-corrected chi connectivity index (χ2v) is 22.1. The predicted molar refractivity (Wildman–Crippen MR) is 261 cm³/mol. The van der Waals surface area contributed by atoms with Gasteiger partial charge in [0.05, 0.1) is 30.1 Å². The molecule has 4 aromatic rings. The summed E-state index contributed by atoms with van der Waals surface area (Å²) in [6.45, 7) is 16.3. The summed E-state index contributed by atoms with van der Waals surface area (Å²) in [5, 5.41) is 24.3. The maximum absolute atomic E-state index is 14.3. The van der Waals surface area contributed by atoms with Crippen LogP contribution in [0.4, 0.5) is 9.93 Å². The van der Waals surface area contributed by atoms with E-state index >= 15 is 0 Å². The number of pyridine rings is 1. The number of β-lactam (4-membered cyclic amide) rings is 1. The Kier molecular flexibility index (Phi) is 17.8. The van der Waals surface area contributed by atoms with E-state index in [0.29, 0.717) is 4.31 Å². The van der Waals surface area contributed by atoms with Crippen molar-refractivity contribution in [2.24, 2.45) is 5.16 Å². The molecule has 71 heavy (non-hydrogen) atoms. The van der Waals surface area contributed by atoms with Gasteiger partial charge in [0.25, 0.3) is 16.1 Å². The van der Waals surface area contributed by atoms with Crippen molar-refractivity contribution in [3.63, 3.8) is 0 Å². The number of anilines is 1. The number of carbonyl (C=O) groups is 4. The van der Waals surface area contributed by atoms with Gasteiger partial charge in [-0.25, -0.2) is 14.6 Å². The number of aromatic nitrogens is 2. The summed E-state index contributed by atoms with van der Waals surface area (Å²) in [4.78, 5) is 82.0. The van der Waals surface area contributed by atoms with E-state index in [2.05, 4.69) is 30.8 Å². The van der Waals surface area contributed by atoms with Crippen LogP contribution in [0, 0.1) is 0 Å². The molecule has 1 aliphatic rings. The van der Waals surface area contributed by atoms with Gasteiger partial charge in [0, 0.05) is 18.0 Å². The molecule has 1 unspecified atom stereocenters. The molecule has 1 fully saturated rings. The van der Waals surface area contributed by atoms with Crippen LogP contribution >= 0.6 is 11.3 Å². The average molecular weight is 1030 g/mol. The molecule has 2 aromatic carbocycles. The lowest BCUT2D eigenvalue weighted by molar-refractivity contribution is -0.217. The van der Waals surface area contributed by atoms with E-state index in [0.717, 1.165) is 28.5 Å². The lowest BCUT2D eigenvalue weighted by Crippen LogP contribution is -2.72. The van der Waals surface area contributed by atoms with Crippen LogP contribution in [0.1, 0.15) is 98.7 Å². The van der Waals surface area contributed by atoms with Crippen molar-refractivity contribution in [2.75, 3.05) is 11.9 Å². The van der Waals surface area contributed by atoms with E-state index in [1.807, 2.05) is 48.5 Å². The maximum atomic E-state index is 14.3. The van der Waals surface area contributed by atoms with Gasteiger partial charge in [0.15, 0.2) is 16.6 Å². The minimum absolute atomic E-state index is 0.00379. The molecule has 3 atom stereocenters. The lowest BCUT2D eigenvalue weighted by atomic mass is 9.99. The molecule has 22 nitrogen and oxygen atoms in total. The number of nitrogens with zero attached hydrogens (tertiary/aromatic N) is 4. The average Bonchev–Trinajstić information content (AvgIpc) is 3.71. The Morgan fingerprint density at radius 1 is 0.887 bits per heavy atom. The van der Waals surface area contributed by atoms with Crippen molar-refractivity contribution in [1.29, 1.82) is 0 Å². The fourth-order valence-corrected chi connectivity index (χ4v) is 7.87. The molecule has 5 rings (SSSR count). The van der Waals surface area contributed by atoms with Gasteiger partial charge in [-0.05, 0) is 87.3 Å². The van der Waals surface area contributed by atoms with E-state index in [4.69, 9.17) is 28.6 Å². The van der Waals surface area contributed by atoms with Crippen LogP contribution in [0.15, 0.2) is 88.3 Å². The van der Waals surface area contributed by atoms with Crippen molar-refractivity contribution in [3.05, 3.63) is 111 Å². The van der Waals surface area contributed by atoms with Crippen LogP contribution < -0.4 is 35.7 Å². The number of hydrogen-bond acceptors (Lipinski definition) is 17. The molecule has 1 aliphatic heterocycles. The molecular formula is C47H62N8O14S2. The molecule has 0 aliphatic carbocycles. The number of thiazole rings is 1. The van der Waals surface area contributed by atoms with Crippen molar-refractivity contribution in [2.45, 2.75) is 137 Å². The van der Waals surface area contributed by atoms with Crippen LogP contribution in [0.25, 0.3) is 0 Å². The molecule has 0 spiro atoms. The van der Waals surface area contributed by atoms with Crippen LogP contribution in [-0.4, -0.2) is 105 Å². The minimum Gasteiger partial charge on any atom is -0.483 e. The van der Waals surface area contributed by atoms with Gasteiger partial charge in [-0.15, -0.1) is 15.6 Å². The molecule has 386 valence electrons. The van der Waals surface area contributed by atoms with Gasteiger partial charge in [-0.3, -0.25) is 19.7 Å². The third kappa shape index (κ3) is 16.9. The molecule has 3 amide bonds. The molecule has 0 saturated carbocycles. The second-order valence-electron chi connectivity index (χ2n) is 19.6. The Balaban J connectivity index is 1.39. The summed E-state index contributed by atoms with van der Waals surface area (Å²) in [6.07, 6.45) is -1.69. The maximum Gasteiger partial charge on any atom is 0.413 e. The first-order chi connectivity index (χ1) is 33.0. The molecule has 5 N–H and O–H groups in total. The van der Waals surface area contributed by atoms with Crippen molar-refractivity contribution < 1.29 is 61.3 Å². The number of ether oxygens (including phenoxy) is 4. The molecule has 24 heteroatoms. The normalized spacial score (nSPS) is 16.0. The van der Waals surface area contributed by atoms with E-state index in [1.165, 1.54) is 30.2 Å². The number of oxime groups is 1. The van der Waals surface area contributed by atoms with Crippen molar-refractivity contribution in [1.82, 2.24) is 29.4 Å². The van der Waals surface area contributed by atoms with Crippen LogP contribution in [0.5, 0.6) is 5.75 Å². The molecule has 2 aromatic heterocycles. The Morgan fingerprint density at radius 3 is 2.07 bits per heavy atom. The highest BCUT2D eigenvalue weighted by Crippen LogP contribution is 2.23. The Morgan fingerprint density at radius 2 is 1.49 bits per heavy atom.